The minimum Gasteiger partial charge on any atom is -0.494 e. The second-order valence-corrected chi connectivity index (χ2v) is 10.6. The zero-order chi connectivity index (χ0) is 14.9. The van der Waals surface area contributed by atoms with Gasteiger partial charge >= 0.3 is 0 Å². The van der Waals surface area contributed by atoms with Crippen molar-refractivity contribution in [1.29, 1.82) is 0 Å². The third kappa shape index (κ3) is 5.93. The van der Waals surface area contributed by atoms with Crippen LogP contribution in [0, 0.1) is 5.92 Å². The van der Waals surface area contributed by atoms with Gasteiger partial charge in [0.2, 0.25) is 0 Å². The summed E-state index contributed by atoms with van der Waals surface area (Å²) in [4.78, 5) is 0. The number of ether oxygens (including phenoxy) is 1. The highest BCUT2D eigenvalue weighted by molar-refractivity contribution is 14.1. The van der Waals surface area contributed by atoms with Crippen LogP contribution in [0.5, 0.6) is 5.75 Å². The lowest BCUT2D eigenvalue weighted by atomic mass is 9.77. The van der Waals surface area contributed by atoms with Crippen molar-refractivity contribution in [2.75, 3.05) is 6.61 Å². The molecule has 0 heterocycles. The first-order valence-electron chi connectivity index (χ1n) is 8.62. The zero-order valence-corrected chi connectivity index (χ0v) is 16.9. The summed E-state index contributed by atoms with van der Waals surface area (Å²) < 4.78 is 5.82. The van der Waals surface area contributed by atoms with E-state index in [1.54, 1.807) is 0 Å². The van der Waals surface area contributed by atoms with Crippen LogP contribution in [0.2, 0.25) is 6.04 Å². The van der Waals surface area contributed by atoms with Crippen LogP contribution in [-0.4, -0.2) is 13.6 Å². The molecule has 1 fully saturated rings. The van der Waals surface area contributed by atoms with Crippen LogP contribution in [0.25, 0.3) is 0 Å². The van der Waals surface area contributed by atoms with Gasteiger partial charge in [0.1, 0.15) is 5.75 Å². The van der Waals surface area contributed by atoms with Crippen LogP contribution in [-0.2, 0) is 0 Å². The lowest BCUT2D eigenvalue weighted by Gasteiger charge is -2.28. The smallest absolute Gasteiger partial charge is 0.119 e. The van der Waals surface area contributed by atoms with E-state index in [1.165, 1.54) is 56.6 Å². The number of hydrogen-bond donors (Lipinski definition) is 0. The van der Waals surface area contributed by atoms with Crippen molar-refractivity contribution in [2.45, 2.75) is 63.8 Å². The van der Waals surface area contributed by atoms with Gasteiger partial charge in [-0.05, 0) is 61.6 Å². The first-order valence-corrected chi connectivity index (χ1v) is 14.7. The fourth-order valence-corrected chi connectivity index (χ4v) is 5.43. The van der Waals surface area contributed by atoms with E-state index in [0.717, 1.165) is 24.2 Å². The maximum atomic E-state index is 5.82. The molecule has 3 heteroatoms. The zero-order valence-electron chi connectivity index (χ0n) is 13.3. The Hall–Kier alpha value is -0.0331. The Labute approximate surface area is 145 Å². The van der Waals surface area contributed by atoms with Crippen molar-refractivity contribution in [1.82, 2.24) is 0 Å². The molecule has 0 aliphatic heterocycles. The first kappa shape index (κ1) is 17.3. The SMILES string of the molecule is CCCC1CCC(c2ccc(OCCC[SiH2]I)cc2)CC1. The molecule has 0 amide bonds. The number of benzene rings is 1. The number of hydrogen-bond acceptors (Lipinski definition) is 1. The van der Waals surface area contributed by atoms with E-state index < -0.39 is 0 Å². The van der Waals surface area contributed by atoms with E-state index in [-0.39, 0.29) is 7.02 Å². The Morgan fingerprint density at radius 2 is 1.86 bits per heavy atom. The molecule has 0 N–H and O–H groups in total. The predicted molar refractivity (Wildman–Crippen MR) is 104 cm³/mol. The van der Waals surface area contributed by atoms with Crippen molar-refractivity contribution in [3.63, 3.8) is 0 Å². The highest BCUT2D eigenvalue weighted by atomic mass is 127. The van der Waals surface area contributed by atoms with Crippen LogP contribution in [0.1, 0.15) is 63.4 Å². The summed E-state index contributed by atoms with van der Waals surface area (Å²) in [6, 6.07) is 10.3. The van der Waals surface area contributed by atoms with Gasteiger partial charge in [0.15, 0.2) is 0 Å². The van der Waals surface area contributed by atoms with E-state index in [4.69, 9.17) is 4.74 Å². The molecule has 21 heavy (non-hydrogen) atoms. The van der Waals surface area contributed by atoms with Crippen molar-refractivity contribution in [3.8, 4) is 5.75 Å². The second-order valence-electron chi connectivity index (χ2n) is 6.32. The Morgan fingerprint density at radius 1 is 1.14 bits per heavy atom. The third-order valence-electron chi connectivity index (χ3n) is 4.69. The van der Waals surface area contributed by atoms with Gasteiger partial charge in [0.25, 0.3) is 0 Å². The molecule has 0 spiro atoms. The molecule has 1 saturated carbocycles. The standard InChI is InChI=1S/C18H29IOSi/c1-2-4-15-5-7-16(8-6-15)17-9-11-18(12-10-17)20-13-3-14-21-19/h9-12,15-16H,2-8,13-14,21H2,1H3. The monoisotopic (exact) mass is 416 g/mol. The molecule has 0 aromatic heterocycles. The fraction of sp³-hybridized carbons (Fsp3) is 0.667. The summed E-state index contributed by atoms with van der Waals surface area (Å²) in [5.74, 6) is 2.83. The highest BCUT2D eigenvalue weighted by Crippen LogP contribution is 2.37. The van der Waals surface area contributed by atoms with E-state index >= 15 is 0 Å². The fourth-order valence-electron chi connectivity index (χ4n) is 3.42. The van der Waals surface area contributed by atoms with Crippen LogP contribution < -0.4 is 4.74 Å². The maximum absolute atomic E-state index is 5.82. The Kier molecular flexibility index (Phi) is 8.15. The molecule has 0 saturated heterocycles. The Bertz CT molecular complexity index is 385. The van der Waals surface area contributed by atoms with Crippen LogP contribution in [0.3, 0.4) is 0 Å². The molecule has 118 valence electrons. The van der Waals surface area contributed by atoms with Gasteiger partial charge in [0.05, 0.1) is 13.6 Å². The Morgan fingerprint density at radius 3 is 2.48 bits per heavy atom. The van der Waals surface area contributed by atoms with Crippen molar-refractivity contribution < 1.29 is 4.74 Å². The van der Waals surface area contributed by atoms with Gasteiger partial charge in [0, 0.05) is 0 Å². The average Bonchev–Trinajstić information content (AvgIpc) is 2.53. The van der Waals surface area contributed by atoms with Gasteiger partial charge in [-0.15, -0.1) is 21.8 Å². The summed E-state index contributed by atoms with van der Waals surface area (Å²) in [6.07, 6.45) is 9.61. The van der Waals surface area contributed by atoms with E-state index in [9.17, 15) is 0 Å². The number of halogens is 1. The summed E-state index contributed by atoms with van der Waals surface area (Å²) in [6.45, 7) is 3.20. The lowest BCUT2D eigenvalue weighted by molar-refractivity contribution is 0.306. The highest BCUT2D eigenvalue weighted by Gasteiger charge is 2.21. The molecule has 1 aromatic carbocycles. The largest absolute Gasteiger partial charge is 0.494 e. The molecule has 2 rings (SSSR count). The quantitative estimate of drug-likeness (QED) is 0.236. The lowest BCUT2D eigenvalue weighted by Crippen LogP contribution is -2.13. The maximum Gasteiger partial charge on any atom is 0.119 e. The topological polar surface area (TPSA) is 9.23 Å². The van der Waals surface area contributed by atoms with E-state index in [0.29, 0.717) is 0 Å². The van der Waals surface area contributed by atoms with Crippen molar-refractivity contribution >= 4 is 28.8 Å². The Balaban J connectivity index is 1.77. The normalized spacial score (nSPS) is 22.8. The molecular formula is C18H29IOSi. The minimum absolute atomic E-state index is 0.175. The summed E-state index contributed by atoms with van der Waals surface area (Å²) in [7, 11) is 0.175. The van der Waals surface area contributed by atoms with Gasteiger partial charge in [-0.3, -0.25) is 0 Å². The van der Waals surface area contributed by atoms with Crippen molar-refractivity contribution in [2.24, 2.45) is 5.92 Å². The van der Waals surface area contributed by atoms with Gasteiger partial charge in [-0.1, -0.05) is 37.9 Å². The van der Waals surface area contributed by atoms with Crippen LogP contribution in [0.15, 0.2) is 24.3 Å². The molecule has 1 aliphatic rings. The summed E-state index contributed by atoms with van der Waals surface area (Å²) >= 11 is 2.56. The second kappa shape index (κ2) is 9.88. The van der Waals surface area contributed by atoms with E-state index in [2.05, 4.69) is 53.0 Å². The van der Waals surface area contributed by atoms with Crippen molar-refractivity contribution in [3.05, 3.63) is 29.8 Å². The molecule has 1 nitrogen and oxygen atoms in total. The molecule has 0 radical (unpaired) electrons. The molecule has 0 bridgehead atoms. The van der Waals surface area contributed by atoms with Crippen LogP contribution >= 0.6 is 21.8 Å². The van der Waals surface area contributed by atoms with E-state index in [1.807, 2.05) is 0 Å². The minimum atomic E-state index is 0.175. The molecule has 0 unspecified atom stereocenters. The van der Waals surface area contributed by atoms with Gasteiger partial charge in [-0.2, -0.15) is 0 Å². The van der Waals surface area contributed by atoms with Gasteiger partial charge in [-0.25, -0.2) is 0 Å². The predicted octanol–water partition coefficient (Wildman–Crippen LogP) is 5.47. The first-order chi connectivity index (χ1) is 10.3. The molecular weight excluding hydrogens is 387 g/mol. The number of rotatable bonds is 8. The third-order valence-corrected chi connectivity index (χ3v) is 7.75. The molecule has 1 aliphatic carbocycles. The summed E-state index contributed by atoms with van der Waals surface area (Å²) in [5, 5.41) is 0. The van der Waals surface area contributed by atoms with Gasteiger partial charge < -0.3 is 4.74 Å². The average molecular weight is 416 g/mol. The molecule has 1 aromatic rings. The molecule has 0 atom stereocenters. The van der Waals surface area contributed by atoms with Crippen LogP contribution in [0.4, 0.5) is 0 Å². The summed E-state index contributed by atoms with van der Waals surface area (Å²) in [5.41, 5.74) is 1.52.